The van der Waals surface area contributed by atoms with Crippen molar-refractivity contribution in [1.82, 2.24) is 15.3 Å². The molecule has 1 heterocycles. The lowest BCUT2D eigenvalue weighted by Crippen LogP contribution is -2.46. The Morgan fingerprint density at radius 3 is 2.65 bits per heavy atom. The van der Waals surface area contributed by atoms with E-state index in [4.69, 9.17) is 9.47 Å². The Hall–Kier alpha value is -2.05. The van der Waals surface area contributed by atoms with Gasteiger partial charge in [-0.2, -0.15) is 0 Å². The highest BCUT2D eigenvalue weighted by Crippen LogP contribution is 2.21. The van der Waals surface area contributed by atoms with Gasteiger partial charge in [-0.3, -0.25) is 0 Å². The Bertz CT molecular complexity index is 516. The van der Waals surface area contributed by atoms with E-state index in [2.05, 4.69) is 15.3 Å². The molecule has 128 valence electrons. The molecule has 1 aliphatic carbocycles. The summed E-state index contributed by atoms with van der Waals surface area (Å²) >= 11 is 0. The number of carbonyl (C=O) groups excluding carboxylic acids is 2. The van der Waals surface area contributed by atoms with Crippen LogP contribution in [0.25, 0.3) is 0 Å². The Kier molecular flexibility index (Phi) is 5.63. The molecule has 1 atom stereocenters. The number of carbonyl (C=O) groups is 2. The van der Waals surface area contributed by atoms with Crippen LogP contribution in [-0.2, 0) is 20.7 Å². The number of esters is 1. The van der Waals surface area contributed by atoms with Crippen molar-refractivity contribution < 1.29 is 19.1 Å². The van der Waals surface area contributed by atoms with E-state index in [-0.39, 0.29) is 12.5 Å². The Morgan fingerprint density at radius 1 is 1.39 bits per heavy atom. The third-order valence-corrected chi connectivity index (χ3v) is 3.53. The third-order valence-electron chi connectivity index (χ3n) is 3.53. The smallest absolute Gasteiger partial charge is 0.408 e. The van der Waals surface area contributed by atoms with Gasteiger partial charge in [0.1, 0.15) is 17.7 Å². The molecule has 2 rings (SSSR count). The van der Waals surface area contributed by atoms with Crippen LogP contribution in [0.4, 0.5) is 4.79 Å². The highest BCUT2D eigenvalue weighted by Gasteiger charge is 2.29. The second kappa shape index (κ2) is 7.48. The highest BCUT2D eigenvalue weighted by atomic mass is 16.6. The zero-order chi connectivity index (χ0) is 16.9. The van der Waals surface area contributed by atoms with Gasteiger partial charge in [0.2, 0.25) is 0 Å². The van der Waals surface area contributed by atoms with E-state index in [9.17, 15) is 9.59 Å². The van der Waals surface area contributed by atoms with E-state index in [0.717, 1.165) is 25.7 Å². The van der Waals surface area contributed by atoms with Crippen molar-refractivity contribution >= 4 is 12.1 Å². The van der Waals surface area contributed by atoms with Gasteiger partial charge < -0.3 is 19.8 Å². The molecular weight excluding hydrogens is 298 g/mol. The molecule has 1 aromatic rings. The lowest BCUT2D eigenvalue weighted by atomic mass is 10.1. The fourth-order valence-electron chi connectivity index (χ4n) is 2.51. The molecule has 0 aliphatic heterocycles. The van der Waals surface area contributed by atoms with Gasteiger partial charge in [0, 0.05) is 12.6 Å². The van der Waals surface area contributed by atoms with Gasteiger partial charge in [-0.1, -0.05) is 0 Å². The Morgan fingerprint density at radius 2 is 2.09 bits per heavy atom. The minimum absolute atomic E-state index is 0.0513. The summed E-state index contributed by atoms with van der Waals surface area (Å²) in [7, 11) is 0. The van der Waals surface area contributed by atoms with E-state index >= 15 is 0 Å². The first kappa shape index (κ1) is 17.3. The number of ether oxygens (including phenoxy) is 2. The normalized spacial score (nSPS) is 16.8. The van der Waals surface area contributed by atoms with Crippen LogP contribution < -0.4 is 5.32 Å². The second-order valence-corrected chi connectivity index (χ2v) is 6.81. The monoisotopic (exact) mass is 323 g/mol. The number of nitrogens with one attached hydrogen (secondary N) is 2. The van der Waals surface area contributed by atoms with Gasteiger partial charge in [-0.15, -0.1) is 0 Å². The van der Waals surface area contributed by atoms with Gasteiger partial charge in [0.25, 0.3) is 0 Å². The molecule has 1 saturated carbocycles. The molecule has 23 heavy (non-hydrogen) atoms. The number of nitrogens with zero attached hydrogens (tertiary/aromatic N) is 1. The van der Waals surface area contributed by atoms with Crippen LogP contribution in [0.5, 0.6) is 0 Å². The van der Waals surface area contributed by atoms with Crippen LogP contribution in [0.2, 0.25) is 0 Å². The van der Waals surface area contributed by atoms with E-state index in [1.807, 2.05) is 0 Å². The third kappa shape index (κ3) is 5.92. The largest absolute Gasteiger partial charge is 0.461 e. The van der Waals surface area contributed by atoms with E-state index < -0.39 is 23.7 Å². The van der Waals surface area contributed by atoms with Gasteiger partial charge in [0.15, 0.2) is 0 Å². The predicted molar refractivity (Wildman–Crippen MR) is 83.8 cm³/mol. The molecule has 0 radical (unpaired) electrons. The summed E-state index contributed by atoms with van der Waals surface area (Å²) in [5, 5.41) is 2.60. The van der Waals surface area contributed by atoms with Crippen LogP contribution in [0.1, 0.15) is 52.1 Å². The number of H-pyrrole nitrogens is 1. The highest BCUT2D eigenvalue weighted by molar-refractivity contribution is 5.81. The number of aromatic nitrogens is 2. The summed E-state index contributed by atoms with van der Waals surface area (Å²) in [4.78, 5) is 31.3. The van der Waals surface area contributed by atoms with Crippen LogP contribution in [0.3, 0.4) is 0 Å². The summed E-state index contributed by atoms with van der Waals surface area (Å²) in [6, 6.07) is -0.811. The standard InChI is InChI=1S/C16H25N3O4/c1-16(2,3)23-15(21)19-13(8-11-9-17-10-18-11)14(20)22-12-6-4-5-7-12/h9-10,12-13H,4-8H2,1-3H3,(H,17,18)(H,19,21). The first-order valence-corrected chi connectivity index (χ1v) is 8.01. The SMILES string of the molecule is CC(C)(C)OC(=O)NC(Cc1c[nH]cn1)C(=O)OC1CCCC1. The lowest BCUT2D eigenvalue weighted by molar-refractivity contribution is -0.151. The van der Waals surface area contributed by atoms with E-state index in [1.165, 1.54) is 6.33 Å². The number of hydrogen-bond donors (Lipinski definition) is 2. The fourth-order valence-corrected chi connectivity index (χ4v) is 2.51. The molecule has 1 aromatic heterocycles. The molecule has 0 aromatic carbocycles. The first-order valence-electron chi connectivity index (χ1n) is 8.01. The minimum atomic E-state index is -0.811. The topological polar surface area (TPSA) is 93.3 Å². The summed E-state index contributed by atoms with van der Waals surface area (Å²) in [5.41, 5.74) is 0.0468. The fraction of sp³-hybridized carbons (Fsp3) is 0.688. The lowest BCUT2D eigenvalue weighted by Gasteiger charge is -2.23. The molecule has 7 nitrogen and oxygen atoms in total. The van der Waals surface area contributed by atoms with E-state index in [0.29, 0.717) is 5.69 Å². The number of imidazole rings is 1. The molecule has 0 saturated heterocycles. The maximum Gasteiger partial charge on any atom is 0.408 e. The molecule has 0 spiro atoms. The van der Waals surface area contributed by atoms with Crippen LogP contribution >= 0.6 is 0 Å². The molecule has 1 amide bonds. The van der Waals surface area contributed by atoms with Crippen LogP contribution in [0.15, 0.2) is 12.5 Å². The number of hydrogen-bond acceptors (Lipinski definition) is 5. The minimum Gasteiger partial charge on any atom is -0.461 e. The van der Waals surface area contributed by atoms with Gasteiger partial charge in [-0.05, 0) is 46.5 Å². The van der Waals surface area contributed by atoms with Gasteiger partial charge >= 0.3 is 12.1 Å². The zero-order valence-electron chi connectivity index (χ0n) is 13.9. The molecule has 0 bridgehead atoms. The summed E-state index contributed by atoms with van der Waals surface area (Å²) < 4.78 is 10.7. The first-order chi connectivity index (χ1) is 10.8. The molecule has 1 aliphatic rings. The van der Waals surface area contributed by atoms with Crippen LogP contribution in [0, 0.1) is 0 Å². The van der Waals surface area contributed by atoms with Crippen molar-refractivity contribution in [2.75, 3.05) is 0 Å². The second-order valence-electron chi connectivity index (χ2n) is 6.81. The number of amides is 1. The quantitative estimate of drug-likeness (QED) is 0.811. The molecule has 7 heteroatoms. The van der Waals surface area contributed by atoms with E-state index in [1.54, 1.807) is 27.0 Å². The molecule has 2 N–H and O–H groups in total. The number of aromatic amines is 1. The summed E-state index contributed by atoms with van der Waals surface area (Å²) in [6.07, 6.45) is 6.69. The summed E-state index contributed by atoms with van der Waals surface area (Å²) in [6.45, 7) is 5.31. The Balaban J connectivity index is 1.98. The van der Waals surface area contributed by atoms with Crippen molar-refractivity contribution in [2.24, 2.45) is 0 Å². The van der Waals surface area contributed by atoms with Crippen molar-refractivity contribution in [3.05, 3.63) is 18.2 Å². The average Bonchev–Trinajstić information content (AvgIpc) is 3.08. The summed E-state index contributed by atoms with van der Waals surface area (Å²) in [5.74, 6) is -0.439. The average molecular weight is 323 g/mol. The number of alkyl carbamates (subject to hydrolysis) is 1. The molecule has 1 unspecified atom stereocenters. The van der Waals surface area contributed by atoms with Crippen molar-refractivity contribution in [3.63, 3.8) is 0 Å². The van der Waals surface area contributed by atoms with Crippen molar-refractivity contribution in [3.8, 4) is 0 Å². The van der Waals surface area contributed by atoms with Gasteiger partial charge in [0.05, 0.1) is 12.0 Å². The Labute approximate surface area is 136 Å². The number of rotatable bonds is 5. The predicted octanol–water partition coefficient (Wildman–Crippen LogP) is 2.33. The van der Waals surface area contributed by atoms with Crippen molar-refractivity contribution in [2.45, 2.75) is 70.6 Å². The maximum absolute atomic E-state index is 12.4. The van der Waals surface area contributed by atoms with Gasteiger partial charge in [-0.25, -0.2) is 14.6 Å². The maximum atomic E-state index is 12.4. The molecule has 1 fully saturated rings. The van der Waals surface area contributed by atoms with Crippen LogP contribution in [-0.4, -0.2) is 39.8 Å². The van der Waals surface area contributed by atoms with Crippen molar-refractivity contribution in [1.29, 1.82) is 0 Å². The zero-order valence-corrected chi connectivity index (χ0v) is 13.9. The molecular formula is C16H25N3O4.